The summed E-state index contributed by atoms with van der Waals surface area (Å²) in [5.74, 6) is -2.70. The van der Waals surface area contributed by atoms with Crippen LogP contribution in [0.15, 0.2) is 67.4 Å². The van der Waals surface area contributed by atoms with Crippen molar-refractivity contribution in [3.05, 3.63) is 89.8 Å². The number of carbonyl (C=O) groups is 5. The predicted molar refractivity (Wildman–Crippen MR) is 262 cm³/mol. The maximum atomic E-state index is 15.0. The zero-order valence-electron chi connectivity index (χ0n) is 40.9. The molecule has 70 heavy (non-hydrogen) atoms. The number of carbonyl (C=O) groups excluding carboxylic acids is 5. The molecule has 15 nitrogen and oxygen atoms in total. The Hall–Kier alpha value is -5.69. The molecule has 5 atom stereocenters. The van der Waals surface area contributed by atoms with Crippen LogP contribution in [0.2, 0.25) is 0 Å². The number of ether oxygens (including phenoxy) is 3. The fourth-order valence-electron chi connectivity index (χ4n) is 10.3. The minimum absolute atomic E-state index is 0.0295. The number of likely N-dealkylation sites (tertiary alicyclic amines) is 1. The molecule has 3 fully saturated rings. The van der Waals surface area contributed by atoms with Crippen molar-refractivity contribution in [2.24, 2.45) is 11.3 Å². The van der Waals surface area contributed by atoms with Crippen LogP contribution >= 0.6 is 11.9 Å². The number of methoxy groups -OCH3 is 1. The van der Waals surface area contributed by atoms with Gasteiger partial charge >= 0.3 is 5.97 Å². The summed E-state index contributed by atoms with van der Waals surface area (Å²) in [6.45, 7) is 16.3. The zero-order chi connectivity index (χ0) is 50.2. The lowest BCUT2D eigenvalue weighted by molar-refractivity contribution is -0.154. The molecule has 0 saturated carbocycles. The number of hydrogen-bond acceptors (Lipinski definition) is 11. The quantitative estimate of drug-likeness (QED) is 0.0879. The molecule has 4 aliphatic heterocycles. The number of fused-ring (bicyclic) bond motifs is 6. The fourth-order valence-corrected chi connectivity index (χ4v) is 11.2. The van der Waals surface area contributed by atoms with Gasteiger partial charge in [-0.3, -0.25) is 38.7 Å². The molecule has 0 aliphatic carbocycles. The second-order valence-corrected chi connectivity index (χ2v) is 20.9. The van der Waals surface area contributed by atoms with E-state index < -0.39 is 64.4 Å². The Morgan fingerprint density at radius 2 is 1.87 bits per heavy atom. The summed E-state index contributed by atoms with van der Waals surface area (Å²) < 4.78 is 53.0. The first-order valence-corrected chi connectivity index (χ1v) is 24.9. The Balaban J connectivity index is 1.19. The van der Waals surface area contributed by atoms with E-state index in [2.05, 4.69) is 28.2 Å². The highest BCUT2D eigenvalue weighted by atomic mass is 32.2. The maximum absolute atomic E-state index is 15.0. The number of benzene rings is 2. The minimum Gasteiger partial charge on any atom is -0.464 e. The third-order valence-electron chi connectivity index (χ3n) is 14.0. The molecule has 0 radical (unpaired) electrons. The zero-order valence-corrected chi connectivity index (χ0v) is 41.7. The molecule has 8 rings (SSSR count). The molecule has 4 aromatic rings. The van der Waals surface area contributed by atoms with Crippen molar-refractivity contribution in [3.8, 4) is 22.4 Å². The first-order valence-electron chi connectivity index (χ1n) is 24.0. The van der Waals surface area contributed by atoms with E-state index in [0.717, 1.165) is 45.4 Å². The number of hydrazine groups is 1. The van der Waals surface area contributed by atoms with Gasteiger partial charge in [0.25, 0.3) is 24.1 Å². The van der Waals surface area contributed by atoms with Gasteiger partial charge in [-0.1, -0.05) is 52.5 Å². The van der Waals surface area contributed by atoms with Crippen molar-refractivity contribution in [2.45, 2.75) is 116 Å². The van der Waals surface area contributed by atoms with Gasteiger partial charge in [0.1, 0.15) is 24.1 Å². The van der Waals surface area contributed by atoms with Gasteiger partial charge < -0.3 is 28.6 Å². The predicted octanol–water partition coefficient (Wildman–Crippen LogP) is 7.33. The fraction of sp³-hybridized carbons (Fsp3) is 0.500. The molecular weight excluding hydrogens is 921 g/mol. The van der Waals surface area contributed by atoms with Crippen LogP contribution in [0.1, 0.15) is 95.7 Å². The number of rotatable bonds is 11. The van der Waals surface area contributed by atoms with Crippen LogP contribution in [0.5, 0.6) is 0 Å². The maximum Gasteiger partial charge on any atom is 0.324 e. The van der Waals surface area contributed by atoms with Crippen LogP contribution in [-0.4, -0.2) is 117 Å². The molecular formula is C52H63F2N7O8S. The molecule has 6 bridgehead atoms. The number of aromatic nitrogens is 2. The van der Waals surface area contributed by atoms with E-state index in [1.54, 1.807) is 27.2 Å². The van der Waals surface area contributed by atoms with Gasteiger partial charge in [0.2, 0.25) is 5.91 Å². The molecule has 4 aliphatic rings. The van der Waals surface area contributed by atoms with E-state index >= 15 is 0 Å². The molecule has 1 unspecified atom stereocenters. The second-order valence-electron chi connectivity index (χ2n) is 19.9. The number of pyridine rings is 1. The van der Waals surface area contributed by atoms with Crippen LogP contribution < -0.4 is 10.1 Å². The average molecular weight is 984 g/mol. The van der Waals surface area contributed by atoms with Crippen molar-refractivity contribution in [1.29, 1.82) is 0 Å². The van der Waals surface area contributed by atoms with E-state index in [1.165, 1.54) is 33.0 Å². The lowest BCUT2D eigenvalue weighted by Gasteiger charge is -2.35. The molecule has 2 aromatic carbocycles. The number of halogens is 2. The Bertz CT molecular complexity index is 2690. The van der Waals surface area contributed by atoms with Crippen molar-refractivity contribution < 1.29 is 47.0 Å². The summed E-state index contributed by atoms with van der Waals surface area (Å²) in [5.41, 5.74) is 7.08. The van der Waals surface area contributed by atoms with E-state index in [0.29, 0.717) is 49.0 Å². The summed E-state index contributed by atoms with van der Waals surface area (Å²) in [5, 5.41) is 1.18. The highest BCUT2D eigenvalue weighted by molar-refractivity contribution is 7.99. The monoisotopic (exact) mass is 983 g/mol. The van der Waals surface area contributed by atoms with Crippen LogP contribution in [0.3, 0.4) is 0 Å². The standard InChI is InChI=1S/C52H63F2N7O8S/c1-9-42(62)58-20-17-52(27-58)50(66)60(29-69-52)44(30(3)4)47(63)57-70-41-23-32-21-34(24-35(22-32)46(53)54)33-15-16-40-37(25-33)38(45(59(40)10-2)36-13-11-18-55-43(36)31(5)67-8)26-51(6,7)28-68-49(65)39-14-12-19-61(56-39)48(41)64/h9,11,13,15-16,18,21-22,24-25,30-31,39,41,44,46,56H,1,10,12,14,17,19-20,23,26-29H2,2-8H3,(H,57,63)/t31-,39-,41?,44-,52+/m0/s1. The first kappa shape index (κ1) is 50.7. The van der Waals surface area contributed by atoms with Crippen LogP contribution in [0.4, 0.5) is 8.78 Å². The molecule has 2 aromatic heterocycles. The minimum atomic E-state index is -2.84. The summed E-state index contributed by atoms with van der Waals surface area (Å²) in [4.78, 5) is 77.1. The molecule has 6 heterocycles. The van der Waals surface area contributed by atoms with E-state index in [9.17, 15) is 32.8 Å². The van der Waals surface area contributed by atoms with Gasteiger partial charge in [-0.25, -0.2) is 14.2 Å². The number of amides is 4. The lowest BCUT2D eigenvalue weighted by Crippen LogP contribution is -2.58. The first-order chi connectivity index (χ1) is 33.4. The second kappa shape index (κ2) is 20.6. The van der Waals surface area contributed by atoms with Crippen LogP contribution in [0.25, 0.3) is 33.3 Å². The van der Waals surface area contributed by atoms with Crippen molar-refractivity contribution in [2.75, 3.05) is 40.1 Å². The largest absolute Gasteiger partial charge is 0.464 e. The average Bonchev–Trinajstić information content (AvgIpc) is 4.03. The van der Waals surface area contributed by atoms with Crippen LogP contribution in [0, 0.1) is 11.3 Å². The van der Waals surface area contributed by atoms with E-state index in [1.807, 2.05) is 57.2 Å². The smallest absolute Gasteiger partial charge is 0.324 e. The van der Waals surface area contributed by atoms with Crippen molar-refractivity contribution in [3.63, 3.8) is 0 Å². The lowest BCUT2D eigenvalue weighted by atomic mass is 9.84. The van der Waals surface area contributed by atoms with Crippen molar-refractivity contribution in [1.82, 2.24) is 34.5 Å². The molecule has 1 spiro atoms. The summed E-state index contributed by atoms with van der Waals surface area (Å²) >= 11 is 0.827. The molecule has 374 valence electrons. The summed E-state index contributed by atoms with van der Waals surface area (Å²) in [6, 6.07) is 12.7. The third kappa shape index (κ3) is 9.97. The highest BCUT2D eigenvalue weighted by Gasteiger charge is 2.55. The number of esters is 1. The van der Waals surface area contributed by atoms with Gasteiger partial charge in [-0.2, -0.15) is 0 Å². The number of nitrogens with one attached hydrogen (secondary N) is 2. The van der Waals surface area contributed by atoms with Gasteiger partial charge in [0.15, 0.2) is 5.60 Å². The number of nitrogens with zero attached hydrogens (tertiary/aromatic N) is 5. The van der Waals surface area contributed by atoms with Gasteiger partial charge in [0.05, 0.1) is 30.6 Å². The number of hydrogen-bond donors (Lipinski definition) is 2. The number of alkyl halides is 2. The van der Waals surface area contributed by atoms with Gasteiger partial charge in [-0.05, 0) is 116 Å². The molecule has 4 amide bonds. The van der Waals surface area contributed by atoms with Crippen LogP contribution in [-0.2, 0) is 57.6 Å². The van der Waals surface area contributed by atoms with E-state index in [4.69, 9.17) is 19.2 Å². The third-order valence-corrected chi connectivity index (χ3v) is 15.0. The SMILES string of the molecule is C=CC(=O)N1CC[C@]2(C1)OCN([C@H](C(=O)NSC1Cc3cc(cc(C(F)F)c3)-c3ccc4c(c3)c(c(-c3cccnc3[C@H](C)OC)n4CC)CC(C)(C)COC(=O)[C@@H]3CCCN(N3)C1=O)C(C)C)C2=O. The highest BCUT2D eigenvalue weighted by Crippen LogP contribution is 2.43. The molecule has 2 N–H and O–H groups in total. The Labute approximate surface area is 411 Å². The number of aryl methyl sites for hydroxylation is 1. The number of cyclic esters (lactones) is 1. The molecule has 3 saturated heterocycles. The Morgan fingerprint density at radius 3 is 2.59 bits per heavy atom. The normalized spacial score (nSPS) is 22.7. The Kier molecular flexibility index (Phi) is 14.9. The van der Waals surface area contributed by atoms with Crippen molar-refractivity contribution >= 4 is 52.4 Å². The van der Waals surface area contributed by atoms with E-state index in [-0.39, 0.29) is 56.8 Å². The summed E-state index contributed by atoms with van der Waals surface area (Å²) in [7, 11) is 1.64. The van der Waals surface area contributed by atoms with Gasteiger partial charge in [0, 0.05) is 66.8 Å². The Morgan fingerprint density at radius 1 is 1.09 bits per heavy atom. The van der Waals surface area contributed by atoms with Gasteiger partial charge in [-0.15, -0.1) is 0 Å². The molecule has 18 heteroatoms. The topological polar surface area (TPSA) is 165 Å². The summed E-state index contributed by atoms with van der Waals surface area (Å²) in [6.07, 6.45) is 1.27.